The maximum Gasteiger partial charge on any atom is 0.251 e. The molecule has 2 rings (SSSR count). The first-order valence-corrected chi connectivity index (χ1v) is 6.67. The maximum atomic E-state index is 12.0. The molecule has 1 aromatic rings. The molecule has 1 aromatic heterocycles. The summed E-state index contributed by atoms with van der Waals surface area (Å²) in [4.78, 5) is 33.3. The summed E-state index contributed by atoms with van der Waals surface area (Å²) in [5, 5.41) is 6.06. The summed E-state index contributed by atoms with van der Waals surface area (Å²) in [6, 6.07) is 1.34. The molecule has 0 aliphatic carbocycles. The van der Waals surface area contributed by atoms with Crippen molar-refractivity contribution in [3.63, 3.8) is 0 Å². The number of amides is 2. The number of anilines is 2. The topological polar surface area (TPSA) is 87.2 Å². The zero-order valence-electron chi connectivity index (χ0n) is 11.9. The number of imide groups is 1. The van der Waals surface area contributed by atoms with Crippen LogP contribution in [0, 0.1) is 0 Å². The summed E-state index contributed by atoms with van der Waals surface area (Å²) >= 11 is 0. The van der Waals surface area contributed by atoms with Crippen LogP contribution in [0.1, 0.15) is 25.6 Å². The molecule has 0 radical (unpaired) electrons. The third-order valence-electron chi connectivity index (χ3n) is 3.32. The number of rotatable bonds is 4. The van der Waals surface area contributed by atoms with Gasteiger partial charge in [-0.1, -0.05) is 6.92 Å². The van der Waals surface area contributed by atoms with Crippen LogP contribution in [0.5, 0.6) is 0 Å². The highest BCUT2D eigenvalue weighted by atomic mass is 16.2. The van der Waals surface area contributed by atoms with Crippen LogP contribution in [0.3, 0.4) is 0 Å². The molecule has 2 heterocycles. The summed E-state index contributed by atoms with van der Waals surface area (Å²) in [6.07, 6.45) is 1.56. The second kappa shape index (κ2) is 5.85. The molecule has 1 unspecified atom stereocenters. The van der Waals surface area contributed by atoms with E-state index in [1.54, 1.807) is 13.1 Å². The van der Waals surface area contributed by atoms with Crippen molar-refractivity contribution < 1.29 is 9.59 Å². The first-order valence-electron chi connectivity index (χ1n) is 6.67. The minimum absolute atomic E-state index is 0.138. The normalized spacial score (nSPS) is 19.1. The number of nitrogens with zero attached hydrogens (tertiary/aromatic N) is 3. The van der Waals surface area contributed by atoms with Gasteiger partial charge < -0.3 is 10.6 Å². The van der Waals surface area contributed by atoms with Gasteiger partial charge >= 0.3 is 0 Å². The van der Waals surface area contributed by atoms with Crippen LogP contribution in [0.15, 0.2) is 6.07 Å². The fourth-order valence-corrected chi connectivity index (χ4v) is 2.09. The number of likely N-dealkylation sites (tertiary alicyclic amines) is 1. The molecular weight excluding hydrogens is 258 g/mol. The average molecular weight is 277 g/mol. The number of hydrogen-bond acceptors (Lipinski definition) is 6. The Kier molecular flexibility index (Phi) is 4.16. The van der Waals surface area contributed by atoms with Gasteiger partial charge in [-0.2, -0.15) is 0 Å². The highest BCUT2D eigenvalue weighted by Gasteiger charge is 2.31. The van der Waals surface area contributed by atoms with E-state index >= 15 is 0 Å². The Morgan fingerprint density at radius 2 is 2.05 bits per heavy atom. The van der Waals surface area contributed by atoms with E-state index in [4.69, 9.17) is 0 Å². The lowest BCUT2D eigenvalue weighted by Gasteiger charge is -2.28. The quantitative estimate of drug-likeness (QED) is 0.785. The van der Waals surface area contributed by atoms with E-state index in [0.29, 0.717) is 36.7 Å². The second-order valence-electron chi connectivity index (χ2n) is 4.68. The molecule has 0 bridgehead atoms. The first-order chi connectivity index (χ1) is 9.55. The van der Waals surface area contributed by atoms with Crippen LogP contribution in [0.25, 0.3) is 0 Å². The molecule has 1 saturated heterocycles. The van der Waals surface area contributed by atoms with Crippen LogP contribution in [-0.4, -0.2) is 46.8 Å². The van der Waals surface area contributed by atoms with Crippen molar-refractivity contribution in [3.05, 3.63) is 11.9 Å². The van der Waals surface area contributed by atoms with Gasteiger partial charge in [0.15, 0.2) is 0 Å². The maximum absolute atomic E-state index is 12.0. The molecule has 0 aromatic carbocycles. The molecule has 1 aliphatic rings. The summed E-state index contributed by atoms with van der Waals surface area (Å²) in [5.41, 5.74) is 0. The summed E-state index contributed by atoms with van der Waals surface area (Å²) in [6.45, 7) is 1.97. The smallest absolute Gasteiger partial charge is 0.251 e. The van der Waals surface area contributed by atoms with Gasteiger partial charge in [-0.05, 0) is 6.42 Å². The van der Waals surface area contributed by atoms with E-state index < -0.39 is 6.04 Å². The number of likely N-dealkylation sites (N-methyl/N-ethyl adjacent to an activating group) is 1. The molecule has 2 amide bonds. The van der Waals surface area contributed by atoms with Crippen LogP contribution < -0.4 is 10.6 Å². The first kappa shape index (κ1) is 14.2. The molecular formula is C13H19N5O2. The van der Waals surface area contributed by atoms with Gasteiger partial charge in [-0.25, -0.2) is 9.97 Å². The van der Waals surface area contributed by atoms with E-state index in [1.807, 2.05) is 6.92 Å². The molecule has 0 spiro atoms. The van der Waals surface area contributed by atoms with Crippen molar-refractivity contribution in [2.45, 2.75) is 32.2 Å². The van der Waals surface area contributed by atoms with Crippen LogP contribution in [-0.2, 0) is 16.0 Å². The molecule has 7 nitrogen and oxygen atoms in total. The number of piperidine rings is 1. The van der Waals surface area contributed by atoms with Gasteiger partial charge in [-0.3, -0.25) is 14.5 Å². The third-order valence-corrected chi connectivity index (χ3v) is 3.32. The molecule has 1 fully saturated rings. The van der Waals surface area contributed by atoms with Crippen LogP contribution in [0.2, 0.25) is 0 Å². The number of aryl methyl sites for hydroxylation is 1. The van der Waals surface area contributed by atoms with E-state index in [1.165, 1.54) is 11.9 Å². The molecule has 20 heavy (non-hydrogen) atoms. The van der Waals surface area contributed by atoms with Crippen molar-refractivity contribution in [1.29, 1.82) is 0 Å². The average Bonchev–Trinajstić information content (AvgIpc) is 2.47. The predicted molar refractivity (Wildman–Crippen MR) is 75.4 cm³/mol. The molecule has 1 atom stereocenters. The van der Waals surface area contributed by atoms with Gasteiger partial charge in [-0.15, -0.1) is 0 Å². The number of aromatic nitrogens is 2. The minimum Gasteiger partial charge on any atom is -0.373 e. The molecule has 2 N–H and O–H groups in total. The summed E-state index contributed by atoms with van der Waals surface area (Å²) < 4.78 is 0. The van der Waals surface area contributed by atoms with Gasteiger partial charge in [0.05, 0.1) is 0 Å². The number of hydrogen-bond donors (Lipinski definition) is 2. The SMILES string of the molecule is CCc1nc(NC)cc(NC2CCC(=O)N(C)C2=O)n1. The Labute approximate surface area is 117 Å². The lowest BCUT2D eigenvalue weighted by molar-refractivity contribution is -0.146. The van der Waals surface area contributed by atoms with Crippen molar-refractivity contribution in [3.8, 4) is 0 Å². The minimum atomic E-state index is -0.415. The molecule has 7 heteroatoms. The largest absolute Gasteiger partial charge is 0.373 e. The summed E-state index contributed by atoms with van der Waals surface area (Å²) in [7, 11) is 3.29. The lowest BCUT2D eigenvalue weighted by Crippen LogP contribution is -2.48. The zero-order chi connectivity index (χ0) is 14.7. The van der Waals surface area contributed by atoms with E-state index in [-0.39, 0.29) is 11.8 Å². The van der Waals surface area contributed by atoms with Crippen molar-refractivity contribution in [2.75, 3.05) is 24.7 Å². The van der Waals surface area contributed by atoms with Gasteiger partial charge in [0, 0.05) is 33.0 Å². The highest BCUT2D eigenvalue weighted by molar-refractivity contribution is 6.01. The fourth-order valence-electron chi connectivity index (χ4n) is 2.09. The number of nitrogens with one attached hydrogen (secondary N) is 2. The standard InChI is InChI=1S/C13H19N5O2/c1-4-9-16-10(14-2)7-11(17-9)15-8-5-6-12(19)18(3)13(8)20/h7-8H,4-6H2,1-3H3,(H2,14,15,16,17). The van der Waals surface area contributed by atoms with Gasteiger partial charge in [0.1, 0.15) is 23.5 Å². The Morgan fingerprint density at radius 3 is 2.70 bits per heavy atom. The van der Waals surface area contributed by atoms with E-state index in [0.717, 1.165) is 0 Å². The molecule has 108 valence electrons. The third kappa shape index (κ3) is 2.87. The number of carbonyl (C=O) groups excluding carboxylic acids is 2. The molecule has 1 aliphatic heterocycles. The van der Waals surface area contributed by atoms with Crippen molar-refractivity contribution in [1.82, 2.24) is 14.9 Å². The predicted octanol–water partition coefficient (Wildman–Crippen LogP) is 0.640. The Hall–Kier alpha value is -2.18. The highest BCUT2D eigenvalue weighted by Crippen LogP contribution is 2.18. The number of carbonyl (C=O) groups is 2. The van der Waals surface area contributed by atoms with Crippen LogP contribution >= 0.6 is 0 Å². The van der Waals surface area contributed by atoms with Crippen molar-refractivity contribution in [2.24, 2.45) is 0 Å². The Morgan fingerprint density at radius 1 is 1.35 bits per heavy atom. The zero-order valence-corrected chi connectivity index (χ0v) is 11.9. The Balaban J connectivity index is 2.17. The molecule has 0 saturated carbocycles. The fraction of sp³-hybridized carbons (Fsp3) is 0.538. The Bertz CT molecular complexity index is 509. The van der Waals surface area contributed by atoms with Crippen molar-refractivity contribution >= 4 is 23.5 Å². The lowest BCUT2D eigenvalue weighted by atomic mass is 10.0. The second-order valence-corrected chi connectivity index (χ2v) is 4.68. The summed E-state index contributed by atoms with van der Waals surface area (Å²) in [5.74, 6) is 1.64. The van der Waals surface area contributed by atoms with Crippen LogP contribution in [0.4, 0.5) is 11.6 Å². The monoisotopic (exact) mass is 277 g/mol. The van der Waals surface area contributed by atoms with Gasteiger partial charge in [0.2, 0.25) is 5.91 Å². The van der Waals surface area contributed by atoms with E-state index in [9.17, 15) is 9.59 Å². The van der Waals surface area contributed by atoms with Gasteiger partial charge in [0.25, 0.3) is 5.91 Å². The van der Waals surface area contributed by atoms with E-state index in [2.05, 4.69) is 20.6 Å².